The molecule has 1 aliphatic heterocycles. The predicted molar refractivity (Wildman–Crippen MR) is 111 cm³/mol. The summed E-state index contributed by atoms with van der Waals surface area (Å²) in [4.78, 5) is 26.5. The maximum atomic E-state index is 12.8. The number of amides is 3. The van der Waals surface area contributed by atoms with Gasteiger partial charge in [0.1, 0.15) is 0 Å². The molecule has 2 aliphatic rings. The Balaban J connectivity index is 0.00000261. The van der Waals surface area contributed by atoms with Crippen LogP contribution < -0.4 is 16.0 Å². The van der Waals surface area contributed by atoms with Crippen LogP contribution in [0, 0.1) is 5.92 Å². The molecule has 0 radical (unpaired) electrons. The summed E-state index contributed by atoms with van der Waals surface area (Å²) in [6.07, 6.45) is 4.74. The van der Waals surface area contributed by atoms with Gasteiger partial charge in [0, 0.05) is 36.4 Å². The topological polar surface area (TPSA) is 73.5 Å². The quantitative estimate of drug-likeness (QED) is 0.693. The third-order valence-corrected chi connectivity index (χ3v) is 4.96. The van der Waals surface area contributed by atoms with Crippen LogP contribution in [0.4, 0.5) is 10.5 Å². The van der Waals surface area contributed by atoms with Crippen LogP contribution >= 0.6 is 12.4 Å². The molecule has 6 nitrogen and oxygen atoms in total. The molecular weight excluding hydrogens is 364 g/mol. The molecule has 1 aliphatic carbocycles. The Kier molecular flexibility index (Phi) is 7.92. The fourth-order valence-corrected chi connectivity index (χ4v) is 3.28. The normalized spacial score (nSPS) is 17.4. The highest BCUT2D eigenvalue weighted by atomic mass is 35.5. The highest BCUT2D eigenvalue weighted by Crippen LogP contribution is 2.28. The van der Waals surface area contributed by atoms with Gasteiger partial charge in [-0.3, -0.25) is 4.79 Å². The molecular formula is C20H31ClN4O2. The van der Waals surface area contributed by atoms with Crippen molar-refractivity contribution in [2.24, 2.45) is 5.92 Å². The van der Waals surface area contributed by atoms with E-state index in [9.17, 15) is 9.59 Å². The van der Waals surface area contributed by atoms with Crippen molar-refractivity contribution < 1.29 is 9.59 Å². The molecule has 0 unspecified atom stereocenters. The van der Waals surface area contributed by atoms with E-state index in [2.05, 4.69) is 16.0 Å². The Labute approximate surface area is 167 Å². The van der Waals surface area contributed by atoms with Crippen molar-refractivity contribution in [2.75, 3.05) is 25.0 Å². The van der Waals surface area contributed by atoms with Gasteiger partial charge in [-0.25, -0.2) is 4.79 Å². The first-order chi connectivity index (χ1) is 12.5. The lowest BCUT2D eigenvalue weighted by atomic mass is 10.0. The zero-order valence-electron chi connectivity index (χ0n) is 16.2. The summed E-state index contributed by atoms with van der Waals surface area (Å²) >= 11 is 0. The molecule has 0 aromatic heterocycles. The minimum atomic E-state index is -0.257. The number of halogens is 1. The smallest absolute Gasteiger partial charge is 0.319 e. The third-order valence-electron chi connectivity index (χ3n) is 4.96. The molecule has 7 heteroatoms. The summed E-state index contributed by atoms with van der Waals surface area (Å²) in [5.41, 5.74) is 1.26. The van der Waals surface area contributed by atoms with Gasteiger partial charge in [-0.1, -0.05) is 6.07 Å². The maximum Gasteiger partial charge on any atom is 0.319 e. The Morgan fingerprint density at radius 2 is 1.85 bits per heavy atom. The number of rotatable bonds is 6. The van der Waals surface area contributed by atoms with E-state index < -0.39 is 0 Å². The highest BCUT2D eigenvalue weighted by Gasteiger charge is 2.26. The van der Waals surface area contributed by atoms with Crippen molar-refractivity contribution in [2.45, 2.75) is 51.6 Å². The first-order valence-electron chi connectivity index (χ1n) is 9.71. The molecule has 1 saturated carbocycles. The average Bonchev–Trinajstić information content (AvgIpc) is 3.44. The van der Waals surface area contributed by atoms with Crippen molar-refractivity contribution in [1.82, 2.24) is 15.5 Å². The highest BCUT2D eigenvalue weighted by molar-refractivity contribution is 5.97. The van der Waals surface area contributed by atoms with Crippen LogP contribution in [0.3, 0.4) is 0 Å². The molecule has 1 heterocycles. The summed E-state index contributed by atoms with van der Waals surface area (Å²) in [5, 5.41) is 9.20. The molecule has 1 aromatic rings. The van der Waals surface area contributed by atoms with E-state index in [1.54, 1.807) is 12.1 Å². The number of nitrogens with one attached hydrogen (secondary N) is 3. The number of likely N-dealkylation sites (tertiary alicyclic amines) is 1. The number of benzene rings is 1. The molecule has 1 saturated heterocycles. The summed E-state index contributed by atoms with van der Waals surface area (Å²) in [7, 11) is 0. The van der Waals surface area contributed by atoms with Crippen LogP contribution in [0.15, 0.2) is 24.3 Å². The van der Waals surface area contributed by atoms with Crippen molar-refractivity contribution in [1.29, 1.82) is 0 Å². The number of anilines is 1. The predicted octanol–water partition coefficient (Wildman–Crippen LogP) is 3.24. The van der Waals surface area contributed by atoms with Gasteiger partial charge in [-0.2, -0.15) is 0 Å². The molecule has 1 aromatic carbocycles. The average molecular weight is 395 g/mol. The standard InChI is InChI=1S/C20H30N4O2.ClH/c1-14(2)22-20(26)23-18-5-3-4-16(12-18)19(25)24-10-8-17(9-11-24)21-13-15-6-7-15;/h3-5,12,14-15,17,21H,6-11,13H2,1-2H3,(H2,22,23,26);1H. The van der Waals surface area contributed by atoms with E-state index in [1.165, 1.54) is 12.8 Å². The lowest BCUT2D eigenvalue weighted by molar-refractivity contribution is 0.0705. The molecule has 3 amide bonds. The lowest BCUT2D eigenvalue weighted by Crippen LogP contribution is -2.45. The Morgan fingerprint density at radius 3 is 2.48 bits per heavy atom. The van der Waals surface area contributed by atoms with Gasteiger partial charge in [-0.05, 0) is 70.2 Å². The second-order valence-electron chi connectivity index (χ2n) is 7.75. The lowest BCUT2D eigenvalue weighted by Gasteiger charge is -2.32. The Morgan fingerprint density at radius 1 is 1.15 bits per heavy atom. The van der Waals surface area contributed by atoms with Gasteiger partial charge < -0.3 is 20.9 Å². The van der Waals surface area contributed by atoms with E-state index in [-0.39, 0.29) is 30.4 Å². The zero-order valence-corrected chi connectivity index (χ0v) is 17.0. The monoisotopic (exact) mass is 394 g/mol. The van der Waals surface area contributed by atoms with Crippen molar-refractivity contribution in [3.63, 3.8) is 0 Å². The fourth-order valence-electron chi connectivity index (χ4n) is 3.28. The van der Waals surface area contributed by atoms with Gasteiger partial charge in [0.15, 0.2) is 0 Å². The number of carbonyl (C=O) groups excluding carboxylic acids is 2. The molecule has 150 valence electrons. The van der Waals surface area contributed by atoms with Gasteiger partial charge in [0.2, 0.25) is 0 Å². The molecule has 3 rings (SSSR count). The molecule has 2 fully saturated rings. The minimum Gasteiger partial charge on any atom is -0.339 e. The summed E-state index contributed by atoms with van der Waals surface area (Å²) < 4.78 is 0. The minimum absolute atomic E-state index is 0. The Hall–Kier alpha value is -1.79. The van der Waals surface area contributed by atoms with Crippen molar-refractivity contribution >= 4 is 30.0 Å². The Bertz CT molecular complexity index is 641. The van der Waals surface area contributed by atoms with E-state index >= 15 is 0 Å². The molecule has 0 bridgehead atoms. The number of hydrogen-bond donors (Lipinski definition) is 3. The van der Waals surface area contributed by atoms with Crippen LogP contribution in [0.2, 0.25) is 0 Å². The summed E-state index contributed by atoms with van der Waals surface area (Å²) in [6.45, 7) is 6.51. The SMILES string of the molecule is CC(C)NC(=O)Nc1cccc(C(=O)N2CCC(NCC3CC3)CC2)c1.Cl. The second-order valence-corrected chi connectivity index (χ2v) is 7.75. The molecule has 0 spiro atoms. The third kappa shape index (κ3) is 6.70. The van der Waals surface area contributed by atoms with E-state index in [4.69, 9.17) is 0 Å². The number of carbonyl (C=O) groups is 2. The van der Waals surface area contributed by atoms with E-state index in [0.29, 0.717) is 17.3 Å². The zero-order chi connectivity index (χ0) is 18.5. The molecule has 0 atom stereocenters. The van der Waals surface area contributed by atoms with E-state index in [0.717, 1.165) is 38.4 Å². The molecule has 3 N–H and O–H groups in total. The van der Waals surface area contributed by atoms with Gasteiger partial charge in [-0.15, -0.1) is 12.4 Å². The fraction of sp³-hybridized carbons (Fsp3) is 0.600. The number of nitrogens with zero attached hydrogens (tertiary/aromatic N) is 1. The number of urea groups is 1. The van der Waals surface area contributed by atoms with Gasteiger partial charge in [0.25, 0.3) is 5.91 Å². The van der Waals surface area contributed by atoms with Crippen LogP contribution in [-0.4, -0.2) is 48.6 Å². The first kappa shape index (κ1) is 21.5. The van der Waals surface area contributed by atoms with Crippen molar-refractivity contribution in [3.05, 3.63) is 29.8 Å². The van der Waals surface area contributed by atoms with Gasteiger partial charge >= 0.3 is 6.03 Å². The number of piperidine rings is 1. The van der Waals surface area contributed by atoms with E-state index in [1.807, 2.05) is 30.9 Å². The summed E-state index contributed by atoms with van der Waals surface area (Å²) in [5.74, 6) is 0.927. The largest absolute Gasteiger partial charge is 0.339 e. The maximum absolute atomic E-state index is 12.8. The van der Waals surface area contributed by atoms with Crippen LogP contribution in [0.1, 0.15) is 49.9 Å². The summed E-state index contributed by atoms with van der Waals surface area (Å²) in [6, 6.07) is 7.51. The van der Waals surface area contributed by atoms with Crippen LogP contribution in [0.5, 0.6) is 0 Å². The van der Waals surface area contributed by atoms with Gasteiger partial charge in [0.05, 0.1) is 0 Å². The molecule has 27 heavy (non-hydrogen) atoms. The second kappa shape index (κ2) is 9.95. The van der Waals surface area contributed by atoms with Crippen LogP contribution in [0.25, 0.3) is 0 Å². The van der Waals surface area contributed by atoms with Crippen molar-refractivity contribution in [3.8, 4) is 0 Å². The number of hydrogen-bond acceptors (Lipinski definition) is 3. The van der Waals surface area contributed by atoms with Crippen LogP contribution in [-0.2, 0) is 0 Å². The first-order valence-corrected chi connectivity index (χ1v) is 9.71.